The van der Waals surface area contributed by atoms with Crippen molar-refractivity contribution in [3.05, 3.63) is 5.28 Å². The van der Waals surface area contributed by atoms with E-state index in [4.69, 9.17) is 16.3 Å². The summed E-state index contributed by atoms with van der Waals surface area (Å²) in [6, 6.07) is -0.462. The number of hydrogen-bond acceptors (Lipinski definition) is 7. The number of ether oxygens (including phenoxy) is 1. The van der Waals surface area contributed by atoms with Crippen LogP contribution in [0.1, 0.15) is 20.3 Å². The lowest BCUT2D eigenvalue weighted by atomic mass is 10.1. The van der Waals surface area contributed by atoms with Crippen LogP contribution in [-0.4, -0.2) is 46.0 Å². The zero-order chi connectivity index (χ0) is 14.7. The highest BCUT2D eigenvalue weighted by Gasteiger charge is 2.34. The van der Waals surface area contributed by atoms with Gasteiger partial charge in [-0.25, -0.2) is 0 Å². The van der Waals surface area contributed by atoms with Gasteiger partial charge in [0, 0.05) is 0 Å². The van der Waals surface area contributed by atoms with Gasteiger partial charge in [0.2, 0.25) is 23.0 Å². The molecule has 8 nitrogen and oxygen atoms in total. The minimum absolute atomic E-state index is 0.0177. The first-order valence-electron chi connectivity index (χ1n) is 6.19. The molecule has 2 amide bonds. The predicted octanol–water partition coefficient (Wildman–Crippen LogP) is 0.165. The van der Waals surface area contributed by atoms with Crippen molar-refractivity contribution in [2.75, 3.05) is 18.1 Å². The molecule has 108 valence electrons. The molecule has 1 fully saturated rings. The Labute approximate surface area is 120 Å². The molecule has 1 aromatic rings. The maximum atomic E-state index is 11.8. The first-order chi connectivity index (χ1) is 9.55. The number of amides is 2. The second-order valence-corrected chi connectivity index (χ2v) is 4.42. The van der Waals surface area contributed by atoms with Crippen LogP contribution < -0.4 is 15.0 Å². The van der Waals surface area contributed by atoms with Crippen molar-refractivity contribution in [3.8, 4) is 6.01 Å². The van der Waals surface area contributed by atoms with Crippen LogP contribution in [0, 0.1) is 0 Å². The summed E-state index contributed by atoms with van der Waals surface area (Å²) < 4.78 is 5.18. The lowest BCUT2D eigenvalue weighted by Crippen LogP contribution is -2.58. The summed E-state index contributed by atoms with van der Waals surface area (Å²) in [6.07, 6.45) is 0.506. The number of nitrogens with zero attached hydrogens (tertiary/aromatic N) is 4. The van der Waals surface area contributed by atoms with Gasteiger partial charge in [0.05, 0.1) is 6.61 Å². The van der Waals surface area contributed by atoms with E-state index in [1.165, 1.54) is 4.90 Å². The first-order valence-corrected chi connectivity index (χ1v) is 6.57. The Morgan fingerprint density at radius 3 is 2.75 bits per heavy atom. The fourth-order valence-electron chi connectivity index (χ4n) is 1.93. The molecule has 9 heteroatoms. The zero-order valence-corrected chi connectivity index (χ0v) is 11.8. The van der Waals surface area contributed by atoms with Gasteiger partial charge in [-0.3, -0.25) is 14.9 Å². The lowest BCUT2D eigenvalue weighted by Gasteiger charge is -2.33. The van der Waals surface area contributed by atoms with E-state index in [9.17, 15) is 9.59 Å². The Balaban J connectivity index is 2.36. The maximum Gasteiger partial charge on any atom is 0.322 e. The highest BCUT2D eigenvalue weighted by molar-refractivity contribution is 6.28. The number of halogens is 1. The van der Waals surface area contributed by atoms with Crippen molar-refractivity contribution in [1.29, 1.82) is 0 Å². The Morgan fingerprint density at radius 1 is 1.35 bits per heavy atom. The molecule has 1 aliphatic heterocycles. The van der Waals surface area contributed by atoms with Gasteiger partial charge in [-0.05, 0) is 24.9 Å². The van der Waals surface area contributed by atoms with Crippen molar-refractivity contribution >= 4 is 29.4 Å². The molecule has 0 bridgehead atoms. The summed E-state index contributed by atoms with van der Waals surface area (Å²) in [4.78, 5) is 36.7. The molecule has 1 aliphatic rings. The van der Waals surface area contributed by atoms with Crippen molar-refractivity contribution < 1.29 is 14.3 Å². The summed E-state index contributed by atoms with van der Waals surface area (Å²) in [7, 11) is 0. The largest absolute Gasteiger partial charge is 0.464 e. The van der Waals surface area contributed by atoms with Crippen LogP contribution in [0.2, 0.25) is 5.28 Å². The average Bonchev–Trinajstić information content (AvgIpc) is 2.37. The summed E-state index contributed by atoms with van der Waals surface area (Å²) in [5, 5.41) is 2.23. The third-order valence-corrected chi connectivity index (χ3v) is 2.92. The molecular formula is C11H14ClN5O3. The van der Waals surface area contributed by atoms with Gasteiger partial charge in [0.25, 0.3) is 0 Å². The highest BCUT2D eigenvalue weighted by atomic mass is 35.5. The lowest BCUT2D eigenvalue weighted by molar-refractivity contribution is -0.133. The molecule has 2 rings (SSSR count). The summed E-state index contributed by atoms with van der Waals surface area (Å²) in [6.45, 7) is 3.97. The quantitative estimate of drug-likeness (QED) is 0.791. The monoisotopic (exact) mass is 299 g/mol. The van der Waals surface area contributed by atoms with Gasteiger partial charge in [0.1, 0.15) is 12.6 Å². The molecule has 0 radical (unpaired) electrons. The maximum absolute atomic E-state index is 11.8. The normalized spacial score (nSPS) is 18.9. The number of carbonyl (C=O) groups is 2. The Morgan fingerprint density at radius 2 is 2.10 bits per heavy atom. The van der Waals surface area contributed by atoms with E-state index < -0.39 is 11.9 Å². The second kappa shape index (κ2) is 6.00. The zero-order valence-electron chi connectivity index (χ0n) is 11.1. The van der Waals surface area contributed by atoms with Crippen molar-refractivity contribution in [3.63, 3.8) is 0 Å². The van der Waals surface area contributed by atoms with Crippen molar-refractivity contribution in [2.24, 2.45) is 0 Å². The fourth-order valence-corrected chi connectivity index (χ4v) is 2.07. The molecule has 1 N–H and O–H groups in total. The molecular weight excluding hydrogens is 286 g/mol. The molecule has 0 saturated carbocycles. The third kappa shape index (κ3) is 2.96. The van der Waals surface area contributed by atoms with Crippen LogP contribution in [0.3, 0.4) is 0 Å². The van der Waals surface area contributed by atoms with E-state index in [0.29, 0.717) is 13.0 Å². The molecule has 20 heavy (non-hydrogen) atoms. The van der Waals surface area contributed by atoms with Crippen molar-refractivity contribution in [1.82, 2.24) is 20.3 Å². The topological polar surface area (TPSA) is 97.3 Å². The van der Waals surface area contributed by atoms with Gasteiger partial charge in [-0.2, -0.15) is 15.0 Å². The number of anilines is 1. The predicted molar refractivity (Wildman–Crippen MR) is 70.6 cm³/mol. The van der Waals surface area contributed by atoms with E-state index in [2.05, 4.69) is 20.3 Å². The third-order valence-electron chi connectivity index (χ3n) is 2.75. The van der Waals surface area contributed by atoms with E-state index >= 15 is 0 Å². The Bertz CT molecular complexity index is 539. The minimum Gasteiger partial charge on any atom is -0.464 e. The Kier molecular flexibility index (Phi) is 4.33. The summed E-state index contributed by atoms with van der Waals surface area (Å²) in [5.41, 5.74) is 0. The molecule has 2 heterocycles. The number of aromatic nitrogens is 3. The average molecular weight is 300 g/mol. The number of carbonyl (C=O) groups excluding carboxylic acids is 2. The molecule has 1 saturated heterocycles. The first kappa shape index (κ1) is 14.4. The molecule has 0 spiro atoms. The van der Waals surface area contributed by atoms with E-state index in [1.807, 2.05) is 6.92 Å². The van der Waals surface area contributed by atoms with Crippen molar-refractivity contribution in [2.45, 2.75) is 26.3 Å². The highest BCUT2D eigenvalue weighted by Crippen LogP contribution is 2.20. The van der Waals surface area contributed by atoms with E-state index in [0.717, 1.165) is 0 Å². The second-order valence-electron chi connectivity index (χ2n) is 4.08. The van der Waals surface area contributed by atoms with E-state index in [-0.39, 0.29) is 29.7 Å². The number of nitrogens with one attached hydrogen (secondary N) is 1. The number of piperazine rings is 1. The number of rotatable bonds is 4. The van der Waals surface area contributed by atoms with Crippen LogP contribution in [-0.2, 0) is 9.59 Å². The molecule has 1 aromatic heterocycles. The number of imide groups is 1. The van der Waals surface area contributed by atoms with Gasteiger partial charge in [0.15, 0.2) is 0 Å². The molecule has 0 aliphatic carbocycles. The van der Waals surface area contributed by atoms with Gasteiger partial charge >= 0.3 is 6.01 Å². The van der Waals surface area contributed by atoms with E-state index in [1.54, 1.807) is 6.92 Å². The van der Waals surface area contributed by atoms with Crippen LogP contribution in [0.5, 0.6) is 6.01 Å². The summed E-state index contributed by atoms with van der Waals surface area (Å²) >= 11 is 5.81. The fraction of sp³-hybridized carbons (Fsp3) is 0.545. The number of hydrogen-bond donors (Lipinski definition) is 1. The van der Waals surface area contributed by atoms with Crippen LogP contribution in [0.15, 0.2) is 0 Å². The Hall–Kier alpha value is -1.96. The summed E-state index contributed by atoms with van der Waals surface area (Å²) in [5.74, 6) is -0.629. The van der Waals surface area contributed by atoms with Crippen LogP contribution in [0.25, 0.3) is 0 Å². The standard InChI is InChI=1S/C11H14ClN5O3/c1-3-6-8(19)13-7(18)5-17(6)10-14-9(12)15-11(16-10)20-4-2/h6H,3-5H2,1-2H3,(H,13,18,19). The minimum atomic E-state index is -0.527. The van der Waals surface area contributed by atoms with Gasteiger partial charge in [-0.1, -0.05) is 6.92 Å². The van der Waals surface area contributed by atoms with Crippen LogP contribution >= 0.6 is 11.6 Å². The smallest absolute Gasteiger partial charge is 0.322 e. The molecule has 0 aromatic carbocycles. The SMILES string of the molecule is CCOc1nc(Cl)nc(N2CC(=O)NC(=O)C2CC)n1. The molecule has 1 unspecified atom stereocenters. The van der Waals surface area contributed by atoms with Gasteiger partial charge in [-0.15, -0.1) is 0 Å². The van der Waals surface area contributed by atoms with Gasteiger partial charge < -0.3 is 9.64 Å². The van der Waals surface area contributed by atoms with Crippen LogP contribution in [0.4, 0.5) is 5.95 Å². The molecule has 1 atom stereocenters.